The SMILES string of the molecule is COc1ccc(/C=N/NC(=O)CSc2cccc3cccnc23)cc1. The number of nitrogens with one attached hydrogen (secondary N) is 1. The van der Waals surface area contributed by atoms with Crippen LogP contribution in [0.2, 0.25) is 0 Å². The largest absolute Gasteiger partial charge is 0.497 e. The van der Waals surface area contributed by atoms with Gasteiger partial charge in [0.25, 0.3) is 0 Å². The molecule has 0 saturated carbocycles. The van der Waals surface area contributed by atoms with Gasteiger partial charge in [-0.3, -0.25) is 9.78 Å². The number of ether oxygens (including phenoxy) is 1. The Morgan fingerprint density at radius 1 is 1.20 bits per heavy atom. The number of aromatic nitrogens is 1. The first kappa shape index (κ1) is 17.0. The summed E-state index contributed by atoms with van der Waals surface area (Å²) < 4.78 is 5.09. The zero-order valence-electron chi connectivity index (χ0n) is 13.7. The maximum absolute atomic E-state index is 12.0. The molecule has 0 fully saturated rings. The lowest BCUT2D eigenvalue weighted by atomic mass is 10.2. The molecule has 1 amide bonds. The number of pyridine rings is 1. The molecule has 0 aliphatic rings. The number of hydrogen-bond donors (Lipinski definition) is 1. The molecule has 0 aliphatic carbocycles. The highest BCUT2D eigenvalue weighted by Crippen LogP contribution is 2.25. The van der Waals surface area contributed by atoms with Crippen molar-refractivity contribution in [2.24, 2.45) is 5.10 Å². The van der Waals surface area contributed by atoms with Crippen molar-refractivity contribution in [2.45, 2.75) is 4.90 Å². The molecule has 6 heteroatoms. The van der Waals surface area contributed by atoms with E-state index < -0.39 is 0 Å². The third-order valence-electron chi connectivity index (χ3n) is 3.47. The van der Waals surface area contributed by atoms with Crippen molar-refractivity contribution in [3.63, 3.8) is 0 Å². The van der Waals surface area contributed by atoms with Crippen LogP contribution in [0.1, 0.15) is 5.56 Å². The summed E-state index contributed by atoms with van der Waals surface area (Å²) >= 11 is 1.44. The summed E-state index contributed by atoms with van der Waals surface area (Å²) in [5.41, 5.74) is 4.32. The quantitative estimate of drug-likeness (QED) is 0.419. The molecule has 0 bridgehead atoms. The van der Waals surface area contributed by atoms with E-state index in [1.807, 2.05) is 54.6 Å². The summed E-state index contributed by atoms with van der Waals surface area (Å²) in [7, 11) is 1.62. The fraction of sp³-hybridized carbons (Fsp3) is 0.105. The molecule has 0 spiro atoms. The van der Waals surface area contributed by atoms with Gasteiger partial charge in [0, 0.05) is 16.5 Å². The number of rotatable bonds is 6. The molecular formula is C19H17N3O2S. The standard InChI is InChI=1S/C19H17N3O2S/c1-24-16-9-7-14(8-10-16)12-21-22-18(23)13-25-17-6-2-4-15-5-3-11-20-19(15)17/h2-12H,13H2,1H3,(H,22,23)/b21-12+. The summed E-state index contributed by atoms with van der Waals surface area (Å²) in [6.07, 6.45) is 3.35. The van der Waals surface area contributed by atoms with E-state index in [1.54, 1.807) is 19.5 Å². The van der Waals surface area contributed by atoms with Crippen molar-refractivity contribution in [1.29, 1.82) is 0 Å². The maximum Gasteiger partial charge on any atom is 0.250 e. The smallest absolute Gasteiger partial charge is 0.250 e. The van der Waals surface area contributed by atoms with Crippen LogP contribution in [0, 0.1) is 0 Å². The summed E-state index contributed by atoms with van der Waals surface area (Å²) in [6, 6.07) is 17.3. The molecule has 1 heterocycles. The molecule has 1 N–H and O–H groups in total. The number of carbonyl (C=O) groups is 1. The van der Waals surface area contributed by atoms with Crippen molar-refractivity contribution in [2.75, 3.05) is 12.9 Å². The van der Waals surface area contributed by atoms with Gasteiger partial charge in [0.1, 0.15) is 5.75 Å². The summed E-state index contributed by atoms with van der Waals surface area (Å²) in [6.45, 7) is 0. The highest BCUT2D eigenvalue weighted by atomic mass is 32.2. The summed E-state index contributed by atoms with van der Waals surface area (Å²) in [5, 5.41) is 5.04. The van der Waals surface area contributed by atoms with Crippen LogP contribution in [0.4, 0.5) is 0 Å². The molecule has 0 atom stereocenters. The molecular weight excluding hydrogens is 334 g/mol. The van der Waals surface area contributed by atoms with Crippen LogP contribution >= 0.6 is 11.8 Å². The molecule has 0 saturated heterocycles. The number of fused-ring (bicyclic) bond motifs is 1. The van der Waals surface area contributed by atoms with Crippen molar-refractivity contribution >= 4 is 34.8 Å². The lowest BCUT2D eigenvalue weighted by molar-refractivity contribution is -0.118. The van der Waals surface area contributed by atoms with Crippen LogP contribution in [-0.2, 0) is 4.79 Å². The zero-order valence-corrected chi connectivity index (χ0v) is 14.5. The van der Waals surface area contributed by atoms with Gasteiger partial charge < -0.3 is 4.74 Å². The summed E-state index contributed by atoms with van der Waals surface area (Å²) in [4.78, 5) is 17.3. The van der Waals surface area contributed by atoms with Crippen LogP contribution in [-0.4, -0.2) is 30.0 Å². The summed E-state index contributed by atoms with van der Waals surface area (Å²) in [5.74, 6) is 0.888. The topological polar surface area (TPSA) is 63.6 Å². The Bertz CT molecular complexity index is 889. The predicted octanol–water partition coefficient (Wildman–Crippen LogP) is 3.49. The third kappa shape index (κ3) is 4.58. The van der Waals surface area contributed by atoms with Gasteiger partial charge in [-0.1, -0.05) is 18.2 Å². The van der Waals surface area contributed by atoms with Crippen molar-refractivity contribution < 1.29 is 9.53 Å². The fourth-order valence-electron chi connectivity index (χ4n) is 2.24. The van der Waals surface area contributed by atoms with Crippen LogP contribution in [0.5, 0.6) is 5.75 Å². The first-order valence-electron chi connectivity index (χ1n) is 7.69. The molecule has 3 rings (SSSR count). The predicted molar refractivity (Wildman–Crippen MR) is 101 cm³/mol. The van der Waals surface area contributed by atoms with E-state index in [2.05, 4.69) is 15.5 Å². The Labute approximate surface area is 150 Å². The molecule has 0 radical (unpaired) electrons. The number of para-hydroxylation sites is 1. The van der Waals surface area contributed by atoms with Crippen molar-refractivity contribution in [3.05, 3.63) is 66.4 Å². The minimum absolute atomic E-state index is 0.164. The lowest BCUT2D eigenvalue weighted by Gasteiger charge is -2.04. The number of methoxy groups -OCH3 is 1. The van der Waals surface area contributed by atoms with Gasteiger partial charge in [-0.25, -0.2) is 5.43 Å². The van der Waals surface area contributed by atoms with E-state index in [-0.39, 0.29) is 11.7 Å². The molecule has 0 unspecified atom stereocenters. The Balaban J connectivity index is 1.54. The normalized spacial score (nSPS) is 10.9. The Kier molecular flexibility index (Phi) is 5.64. The molecule has 25 heavy (non-hydrogen) atoms. The minimum Gasteiger partial charge on any atom is -0.497 e. The lowest BCUT2D eigenvalue weighted by Crippen LogP contribution is -2.19. The second-order valence-electron chi connectivity index (χ2n) is 5.19. The minimum atomic E-state index is -0.164. The highest BCUT2D eigenvalue weighted by Gasteiger charge is 2.05. The monoisotopic (exact) mass is 351 g/mol. The van der Waals surface area contributed by atoms with E-state index in [4.69, 9.17) is 4.74 Å². The first-order valence-corrected chi connectivity index (χ1v) is 8.67. The zero-order chi connectivity index (χ0) is 17.5. The van der Waals surface area contributed by atoms with Gasteiger partial charge >= 0.3 is 0 Å². The van der Waals surface area contributed by atoms with E-state index in [0.29, 0.717) is 0 Å². The molecule has 126 valence electrons. The number of hydrazone groups is 1. The van der Waals surface area contributed by atoms with Gasteiger partial charge in [0.15, 0.2) is 0 Å². The van der Waals surface area contributed by atoms with Gasteiger partial charge in [0.05, 0.1) is 24.6 Å². The molecule has 0 aliphatic heterocycles. The van der Waals surface area contributed by atoms with Gasteiger partial charge in [-0.2, -0.15) is 5.10 Å². The third-order valence-corrected chi connectivity index (χ3v) is 4.52. The second-order valence-corrected chi connectivity index (χ2v) is 6.20. The number of benzene rings is 2. The number of hydrogen-bond acceptors (Lipinski definition) is 5. The number of carbonyl (C=O) groups excluding carboxylic acids is 1. The number of thioether (sulfide) groups is 1. The second kappa shape index (κ2) is 8.30. The van der Waals surface area contributed by atoms with E-state index in [0.717, 1.165) is 27.1 Å². The van der Waals surface area contributed by atoms with Crippen molar-refractivity contribution in [3.8, 4) is 5.75 Å². The average Bonchev–Trinajstić information content (AvgIpc) is 2.67. The van der Waals surface area contributed by atoms with Crippen molar-refractivity contribution in [1.82, 2.24) is 10.4 Å². The fourth-order valence-corrected chi connectivity index (χ4v) is 3.07. The first-order chi connectivity index (χ1) is 12.3. The molecule has 2 aromatic carbocycles. The average molecular weight is 351 g/mol. The molecule has 3 aromatic rings. The number of nitrogens with zero attached hydrogens (tertiary/aromatic N) is 2. The number of amides is 1. The van der Waals surface area contributed by atoms with Crippen LogP contribution in [0.3, 0.4) is 0 Å². The molecule has 5 nitrogen and oxygen atoms in total. The van der Waals surface area contributed by atoms with Gasteiger partial charge in [-0.15, -0.1) is 11.8 Å². The van der Waals surface area contributed by atoms with E-state index in [1.165, 1.54) is 11.8 Å². The van der Waals surface area contributed by atoms with E-state index >= 15 is 0 Å². The molecule has 1 aromatic heterocycles. The Hall–Kier alpha value is -2.86. The van der Waals surface area contributed by atoms with Gasteiger partial charge in [0.2, 0.25) is 5.91 Å². The van der Waals surface area contributed by atoms with E-state index in [9.17, 15) is 4.79 Å². The van der Waals surface area contributed by atoms with Crippen LogP contribution < -0.4 is 10.2 Å². The van der Waals surface area contributed by atoms with Gasteiger partial charge in [-0.05, 0) is 42.0 Å². The highest BCUT2D eigenvalue weighted by molar-refractivity contribution is 8.00. The Morgan fingerprint density at radius 3 is 2.80 bits per heavy atom. The van der Waals surface area contributed by atoms with Crippen LogP contribution in [0.15, 0.2) is 70.8 Å². The van der Waals surface area contributed by atoms with Crippen LogP contribution in [0.25, 0.3) is 10.9 Å². The Morgan fingerprint density at radius 2 is 2.00 bits per heavy atom. The maximum atomic E-state index is 12.0.